The summed E-state index contributed by atoms with van der Waals surface area (Å²) in [6.07, 6.45) is 7.49. The van der Waals surface area contributed by atoms with Crippen molar-refractivity contribution in [1.29, 1.82) is 0 Å². The van der Waals surface area contributed by atoms with E-state index in [0.29, 0.717) is 30.2 Å². The minimum absolute atomic E-state index is 0.0447. The average Bonchev–Trinajstić information content (AvgIpc) is 3.15. The maximum absolute atomic E-state index is 13.5. The van der Waals surface area contributed by atoms with Crippen molar-refractivity contribution in [1.82, 2.24) is 19.3 Å². The number of aryl methyl sites for hydroxylation is 2. The number of hydrogen-bond donors (Lipinski definition) is 0. The molecule has 0 aliphatic heterocycles. The number of fused-ring (bicyclic) bond motifs is 1. The van der Waals surface area contributed by atoms with Crippen LogP contribution in [0.5, 0.6) is 0 Å². The van der Waals surface area contributed by atoms with Crippen molar-refractivity contribution < 1.29 is 9.59 Å². The number of rotatable bonds is 11. The summed E-state index contributed by atoms with van der Waals surface area (Å²) >= 11 is 0. The molecule has 3 rings (SSSR count). The Bertz CT molecular complexity index is 1070. The van der Waals surface area contributed by atoms with E-state index in [1.807, 2.05) is 52.9 Å². The highest BCUT2D eigenvalue weighted by molar-refractivity contribution is 5.94. The van der Waals surface area contributed by atoms with Crippen LogP contribution in [0.15, 0.2) is 36.7 Å². The lowest BCUT2D eigenvalue weighted by atomic mass is 10.1. The summed E-state index contributed by atoms with van der Waals surface area (Å²) in [6, 6.07) is 7.70. The number of carbonyl (C=O) groups is 2. The molecule has 3 heterocycles. The third-order valence-electron chi connectivity index (χ3n) is 5.86. The van der Waals surface area contributed by atoms with Gasteiger partial charge in [0.25, 0.3) is 5.91 Å². The van der Waals surface area contributed by atoms with E-state index in [0.717, 1.165) is 60.5 Å². The predicted molar refractivity (Wildman–Crippen MR) is 132 cm³/mol. The van der Waals surface area contributed by atoms with Gasteiger partial charge >= 0.3 is 0 Å². The summed E-state index contributed by atoms with van der Waals surface area (Å²) < 4.78 is 1.96. The third-order valence-corrected chi connectivity index (χ3v) is 5.86. The Morgan fingerprint density at radius 2 is 1.76 bits per heavy atom. The molecule has 0 spiro atoms. The van der Waals surface area contributed by atoms with Gasteiger partial charge in [-0.2, -0.15) is 0 Å². The van der Waals surface area contributed by atoms with Gasteiger partial charge < -0.3 is 14.1 Å². The molecule has 3 aromatic heterocycles. The molecule has 0 aliphatic rings. The molecule has 0 radical (unpaired) electrons. The Hall–Kier alpha value is -3.02. The van der Waals surface area contributed by atoms with E-state index < -0.39 is 0 Å². The van der Waals surface area contributed by atoms with E-state index in [9.17, 15) is 9.59 Å². The van der Waals surface area contributed by atoms with Crippen LogP contribution in [-0.2, 0) is 11.2 Å². The third kappa shape index (κ3) is 6.28. The van der Waals surface area contributed by atoms with E-state index in [4.69, 9.17) is 4.98 Å². The fourth-order valence-electron chi connectivity index (χ4n) is 3.79. The Balaban J connectivity index is 2.00. The number of aldehydes is 1. The van der Waals surface area contributed by atoms with Gasteiger partial charge in [0.15, 0.2) is 0 Å². The average molecular weight is 449 g/mol. The van der Waals surface area contributed by atoms with E-state index in [1.165, 1.54) is 0 Å². The largest absolute Gasteiger partial charge is 0.339 e. The lowest BCUT2D eigenvalue weighted by Gasteiger charge is -2.24. The lowest BCUT2D eigenvalue weighted by molar-refractivity contribution is -0.107. The summed E-state index contributed by atoms with van der Waals surface area (Å²) in [4.78, 5) is 35.9. The molecule has 0 bridgehead atoms. The van der Waals surface area contributed by atoms with Gasteiger partial charge in [0, 0.05) is 31.9 Å². The van der Waals surface area contributed by atoms with Gasteiger partial charge in [-0.1, -0.05) is 33.8 Å². The van der Waals surface area contributed by atoms with Crippen LogP contribution in [0.2, 0.25) is 0 Å². The molecule has 0 saturated carbocycles. The Morgan fingerprint density at radius 1 is 1.06 bits per heavy atom. The van der Waals surface area contributed by atoms with Gasteiger partial charge in [-0.15, -0.1) is 0 Å². The first-order valence-electron chi connectivity index (χ1n) is 12.0. The monoisotopic (exact) mass is 448 g/mol. The molecule has 0 fully saturated rings. The van der Waals surface area contributed by atoms with Crippen molar-refractivity contribution in [3.05, 3.63) is 53.5 Å². The molecule has 1 amide bonds. The second-order valence-corrected chi connectivity index (χ2v) is 9.64. The number of aromatic nitrogens is 3. The summed E-state index contributed by atoms with van der Waals surface area (Å²) in [5.41, 5.74) is 4.90. The number of pyridine rings is 2. The number of imidazole rings is 1. The van der Waals surface area contributed by atoms with Crippen LogP contribution >= 0.6 is 0 Å². The zero-order chi connectivity index (χ0) is 24.0. The molecule has 176 valence electrons. The molecular weight excluding hydrogens is 412 g/mol. The van der Waals surface area contributed by atoms with E-state index >= 15 is 0 Å². The lowest BCUT2D eigenvalue weighted by Crippen LogP contribution is -2.34. The molecule has 0 saturated heterocycles. The maximum atomic E-state index is 13.5. The molecule has 0 atom stereocenters. The predicted octanol–water partition coefficient (Wildman–Crippen LogP) is 5.37. The molecule has 6 nitrogen and oxygen atoms in total. The molecule has 33 heavy (non-hydrogen) atoms. The topological polar surface area (TPSA) is 67.6 Å². The SMILES string of the molecule is Cc1ccc(-c2nc3ccc(C(=O)N(CCC(C)C)CCC(C)C)cn3c2CCC=O)nc1. The van der Waals surface area contributed by atoms with Crippen LogP contribution in [0.25, 0.3) is 17.0 Å². The summed E-state index contributed by atoms with van der Waals surface area (Å²) in [5, 5.41) is 0. The Kier molecular flexibility index (Phi) is 8.37. The molecule has 0 aromatic carbocycles. The zero-order valence-electron chi connectivity index (χ0n) is 20.5. The van der Waals surface area contributed by atoms with Gasteiger partial charge in [-0.25, -0.2) is 4.98 Å². The van der Waals surface area contributed by atoms with Crippen LogP contribution in [0.4, 0.5) is 0 Å². The van der Waals surface area contributed by atoms with Crippen LogP contribution in [0.1, 0.15) is 68.6 Å². The van der Waals surface area contributed by atoms with Crippen molar-refractivity contribution >= 4 is 17.8 Å². The summed E-state index contributed by atoms with van der Waals surface area (Å²) in [5.74, 6) is 1.12. The number of carbonyl (C=O) groups excluding carboxylic acids is 2. The van der Waals surface area contributed by atoms with Crippen molar-refractivity contribution in [3.8, 4) is 11.4 Å². The number of nitrogens with zero attached hydrogens (tertiary/aromatic N) is 4. The smallest absolute Gasteiger partial charge is 0.255 e. The van der Waals surface area contributed by atoms with Gasteiger partial charge in [-0.05, 0) is 61.8 Å². The second-order valence-electron chi connectivity index (χ2n) is 9.64. The maximum Gasteiger partial charge on any atom is 0.255 e. The molecule has 3 aromatic rings. The molecule has 0 N–H and O–H groups in total. The van der Waals surface area contributed by atoms with Crippen LogP contribution in [0.3, 0.4) is 0 Å². The highest BCUT2D eigenvalue weighted by Crippen LogP contribution is 2.25. The number of amides is 1. The minimum atomic E-state index is 0.0447. The van der Waals surface area contributed by atoms with E-state index in [1.54, 1.807) is 0 Å². The molecule has 0 aliphatic carbocycles. The van der Waals surface area contributed by atoms with Crippen molar-refractivity contribution in [3.63, 3.8) is 0 Å². The second kappa shape index (κ2) is 11.2. The zero-order valence-corrected chi connectivity index (χ0v) is 20.5. The van der Waals surface area contributed by atoms with E-state index in [2.05, 4.69) is 32.7 Å². The van der Waals surface area contributed by atoms with Crippen LogP contribution < -0.4 is 0 Å². The first-order valence-corrected chi connectivity index (χ1v) is 12.0. The number of hydrogen-bond acceptors (Lipinski definition) is 4. The first-order chi connectivity index (χ1) is 15.8. The standard InChI is InChI=1S/C27H36N4O2/c1-19(2)12-14-30(15-13-20(3)4)27(33)22-9-11-25-29-26(23-10-8-21(5)17-28-23)24(7-6-16-32)31(25)18-22/h8-11,16-20H,6-7,12-15H2,1-5H3. The fraction of sp³-hybridized carbons (Fsp3) is 0.481. The van der Waals surface area contributed by atoms with E-state index in [-0.39, 0.29) is 5.91 Å². The quantitative estimate of drug-likeness (QED) is 0.370. The molecular formula is C27H36N4O2. The van der Waals surface area contributed by atoms with Crippen molar-refractivity contribution in [2.45, 2.75) is 60.3 Å². The van der Waals surface area contributed by atoms with Gasteiger partial charge in [0.2, 0.25) is 0 Å². The Labute approximate surface area is 197 Å². The van der Waals surface area contributed by atoms with Crippen molar-refractivity contribution in [2.75, 3.05) is 13.1 Å². The normalized spacial score (nSPS) is 11.5. The van der Waals surface area contributed by atoms with Crippen molar-refractivity contribution in [2.24, 2.45) is 11.8 Å². The van der Waals surface area contributed by atoms with Gasteiger partial charge in [-0.3, -0.25) is 9.78 Å². The first kappa shape index (κ1) is 24.6. The highest BCUT2D eigenvalue weighted by atomic mass is 16.2. The van der Waals surface area contributed by atoms with Crippen LogP contribution in [0, 0.1) is 18.8 Å². The minimum Gasteiger partial charge on any atom is -0.339 e. The summed E-state index contributed by atoms with van der Waals surface area (Å²) in [6.45, 7) is 12.2. The Morgan fingerprint density at radius 3 is 2.33 bits per heavy atom. The fourth-order valence-corrected chi connectivity index (χ4v) is 3.79. The van der Waals surface area contributed by atoms with Gasteiger partial charge in [0.05, 0.1) is 17.0 Å². The summed E-state index contributed by atoms with van der Waals surface area (Å²) in [7, 11) is 0. The molecule has 0 unspecified atom stereocenters. The molecule has 6 heteroatoms. The van der Waals surface area contributed by atoms with Gasteiger partial charge in [0.1, 0.15) is 17.6 Å². The highest BCUT2D eigenvalue weighted by Gasteiger charge is 2.20. The van der Waals surface area contributed by atoms with Crippen LogP contribution in [-0.4, -0.2) is 44.6 Å².